The second-order valence-corrected chi connectivity index (χ2v) is 5.34. The maximum atomic E-state index is 5.72. The SMILES string of the molecule is Cc1ccc(N)cc1Oc1ncc(Br)cc1Br. The molecule has 0 atom stereocenters. The highest BCUT2D eigenvalue weighted by Gasteiger charge is 2.07. The van der Waals surface area contributed by atoms with Crippen molar-refractivity contribution in [2.75, 3.05) is 5.73 Å². The van der Waals surface area contributed by atoms with Crippen molar-refractivity contribution in [3.05, 3.63) is 45.0 Å². The molecule has 1 heterocycles. The number of hydrogen-bond donors (Lipinski definition) is 1. The van der Waals surface area contributed by atoms with Crippen LogP contribution in [0.1, 0.15) is 5.56 Å². The van der Waals surface area contributed by atoms with E-state index in [0.29, 0.717) is 17.3 Å². The molecule has 3 nitrogen and oxygen atoms in total. The predicted octanol–water partition coefficient (Wildman–Crippen LogP) is 4.29. The highest BCUT2D eigenvalue weighted by atomic mass is 79.9. The van der Waals surface area contributed by atoms with Gasteiger partial charge in [0.2, 0.25) is 5.88 Å². The van der Waals surface area contributed by atoms with Crippen LogP contribution in [0.25, 0.3) is 0 Å². The first-order valence-corrected chi connectivity index (χ1v) is 6.50. The normalized spacial score (nSPS) is 10.3. The molecule has 0 spiro atoms. The average Bonchev–Trinajstić information content (AvgIpc) is 2.27. The number of halogens is 2. The summed E-state index contributed by atoms with van der Waals surface area (Å²) in [5, 5.41) is 0. The van der Waals surface area contributed by atoms with E-state index in [1.54, 1.807) is 12.3 Å². The predicted molar refractivity (Wildman–Crippen MR) is 75.3 cm³/mol. The first kappa shape index (κ1) is 12.4. The number of ether oxygens (including phenoxy) is 1. The topological polar surface area (TPSA) is 48.1 Å². The van der Waals surface area contributed by atoms with E-state index < -0.39 is 0 Å². The molecule has 88 valence electrons. The number of nitrogens with zero attached hydrogens (tertiary/aromatic N) is 1. The van der Waals surface area contributed by atoms with Crippen LogP contribution in [0.4, 0.5) is 5.69 Å². The van der Waals surface area contributed by atoms with E-state index >= 15 is 0 Å². The largest absolute Gasteiger partial charge is 0.438 e. The summed E-state index contributed by atoms with van der Waals surface area (Å²) in [6.07, 6.45) is 1.68. The zero-order chi connectivity index (χ0) is 12.4. The van der Waals surface area contributed by atoms with Crippen molar-refractivity contribution in [1.29, 1.82) is 0 Å². The molecule has 1 aromatic carbocycles. The minimum Gasteiger partial charge on any atom is -0.438 e. The maximum Gasteiger partial charge on any atom is 0.233 e. The van der Waals surface area contributed by atoms with Gasteiger partial charge in [0.05, 0.1) is 4.47 Å². The highest BCUT2D eigenvalue weighted by Crippen LogP contribution is 2.31. The molecule has 0 radical (unpaired) electrons. The van der Waals surface area contributed by atoms with Crippen molar-refractivity contribution >= 4 is 37.5 Å². The van der Waals surface area contributed by atoms with E-state index in [-0.39, 0.29) is 0 Å². The molecule has 0 saturated carbocycles. The second-order valence-electron chi connectivity index (χ2n) is 3.57. The van der Waals surface area contributed by atoms with Crippen LogP contribution in [0.5, 0.6) is 11.6 Å². The quantitative estimate of drug-likeness (QED) is 0.815. The standard InChI is InChI=1S/C12H10Br2N2O/c1-7-2-3-9(15)5-11(7)17-12-10(14)4-8(13)6-16-12/h2-6H,15H2,1H3. The Morgan fingerprint density at radius 1 is 1.24 bits per heavy atom. The van der Waals surface area contributed by atoms with Crippen LogP contribution in [0.15, 0.2) is 39.4 Å². The summed E-state index contributed by atoms with van der Waals surface area (Å²) in [4.78, 5) is 4.19. The number of hydrogen-bond acceptors (Lipinski definition) is 3. The Hall–Kier alpha value is -1.07. The Labute approximate surface area is 116 Å². The lowest BCUT2D eigenvalue weighted by molar-refractivity contribution is 0.456. The van der Waals surface area contributed by atoms with Crippen molar-refractivity contribution < 1.29 is 4.74 Å². The fourth-order valence-electron chi connectivity index (χ4n) is 1.31. The highest BCUT2D eigenvalue weighted by molar-refractivity contribution is 9.11. The van der Waals surface area contributed by atoms with E-state index in [9.17, 15) is 0 Å². The first-order chi connectivity index (χ1) is 8.06. The molecular weight excluding hydrogens is 348 g/mol. The van der Waals surface area contributed by atoms with Crippen molar-refractivity contribution in [3.63, 3.8) is 0 Å². The summed E-state index contributed by atoms with van der Waals surface area (Å²) in [5.74, 6) is 1.22. The van der Waals surface area contributed by atoms with Crippen LogP contribution >= 0.6 is 31.9 Å². The molecule has 0 bridgehead atoms. The average molecular weight is 358 g/mol. The summed E-state index contributed by atoms with van der Waals surface area (Å²) >= 11 is 6.74. The van der Waals surface area contributed by atoms with Gasteiger partial charge in [-0.1, -0.05) is 6.07 Å². The zero-order valence-electron chi connectivity index (χ0n) is 9.08. The summed E-state index contributed by atoms with van der Waals surface area (Å²) in [5.41, 5.74) is 7.40. The van der Waals surface area contributed by atoms with Gasteiger partial charge in [-0.15, -0.1) is 0 Å². The van der Waals surface area contributed by atoms with Crippen LogP contribution in [0, 0.1) is 6.92 Å². The van der Waals surface area contributed by atoms with Crippen molar-refractivity contribution in [3.8, 4) is 11.6 Å². The lowest BCUT2D eigenvalue weighted by Gasteiger charge is -2.09. The number of benzene rings is 1. The van der Waals surface area contributed by atoms with Gasteiger partial charge < -0.3 is 10.5 Å². The number of aryl methyl sites for hydroxylation is 1. The van der Waals surface area contributed by atoms with Gasteiger partial charge in [0, 0.05) is 22.4 Å². The Bertz CT molecular complexity index is 558. The number of aromatic nitrogens is 1. The monoisotopic (exact) mass is 356 g/mol. The van der Waals surface area contributed by atoms with E-state index in [0.717, 1.165) is 14.5 Å². The first-order valence-electron chi connectivity index (χ1n) is 4.91. The van der Waals surface area contributed by atoms with Gasteiger partial charge in [-0.05, 0) is 56.5 Å². The van der Waals surface area contributed by atoms with E-state index in [1.807, 2.05) is 25.1 Å². The lowest BCUT2D eigenvalue weighted by Crippen LogP contribution is -1.93. The molecule has 5 heteroatoms. The molecule has 2 rings (SSSR count). The summed E-state index contributed by atoms with van der Waals surface area (Å²) < 4.78 is 7.39. The van der Waals surface area contributed by atoms with Crippen molar-refractivity contribution in [2.24, 2.45) is 0 Å². The summed E-state index contributed by atoms with van der Waals surface area (Å²) in [7, 11) is 0. The minimum atomic E-state index is 0.516. The number of nitrogen functional groups attached to an aromatic ring is 1. The zero-order valence-corrected chi connectivity index (χ0v) is 12.2. The molecule has 1 aromatic heterocycles. The number of anilines is 1. The van der Waals surface area contributed by atoms with Crippen molar-refractivity contribution in [2.45, 2.75) is 6.92 Å². The molecule has 2 aromatic rings. The molecule has 0 fully saturated rings. The Morgan fingerprint density at radius 3 is 2.71 bits per heavy atom. The molecule has 0 aliphatic heterocycles. The van der Waals surface area contributed by atoms with Crippen LogP contribution in [-0.2, 0) is 0 Å². The van der Waals surface area contributed by atoms with Gasteiger partial charge in [0.1, 0.15) is 5.75 Å². The maximum absolute atomic E-state index is 5.72. The van der Waals surface area contributed by atoms with Crippen LogP contribution in [0.2, 0.25) is 0 Å². The lowest BCUT2D eigenvalue weighted by atomic mass is 10.2. The molecule has 0 amide bonds. The molecule has 0 saturated heterocycles. The summed E-state index contributed by atoms with van der Waals surface area (Å²) in [6, 6.07) is 7.42. The van der Waals surface area contributed by atoms with Gasteiger partial charge in [0.15, 0.2) is 0 Å². The number of nitrogens with two attached hydrogens (primary N) is 1. The van der Waals surface area contributed by atoms with Crippen LogP contribution < -0.4 is 10.5 Å². The Morgan fingerprint density at radius 2 is 2.00 bits per heavy atom. The fraction of sp³-hybridized carbons (Fsp3) is 0.0833. The minimum absolute atomic E-state index is 0.516. The van der Waals surface area contributed by atoms with Gasteiger partial charge in [-0.2, -0.15) is 0 Å². The summed E-state index contributed by atoms with van der Waals surface area (Å²) in [6.45, 7) is 1.96. The van der Waals surface area contributed by atoms with Crippen molar-refractivity contribution in [1.82, 2.24) is 4.98 Å². The number of pyridine rings is 1. The smallest absolute Gasteiger partial charge is 0.233 e. The molecule has 17 heavy (non-hydrogen) atoms. The van der Waals surface area contributed by atoms with Crippen LogP contribution in [-0.4, -0.2) is 4.98 Å². The molecule has 2 N–H and O–H groups in total. The molecule has 0 aliphatic carbocycles. The third-order valence-corrected chi connectivity index (χ3v) is 3.19. The van der Waals surface area contributed by atoms with E-state index in [2.05, 4.69) is 36.8 Å². The number of rotatable bonds is 2. The molecule has 0 aliphatic rings. The van der Waals surface area contributed by atoms with Gasteiger partial charge in [-0.3, -0.25) is 0 Å². The fourth-order valence-corrected chi connectivity index (χ4v) is 2.38. The van der Waals surface area contributed by atoms with E-state index in [1.165, 1.54) is 0 Å². The van der Waals surface area contributed by atoms with E-state index in [4.69, 9.17) is 10.5 Å². The third-order valence-electron chi connectivity index (χ3n) is 2.19. The second kappa shape index (κ2) is 5.06. The molecular formula is C12H10Br2N2O. The molecule has 0 unspecified atom stereocenters. The van der Waals surface area contributed by atoms with Gasteiger partial charge in [0.25, 0.3) is 0 Å². The Balaban J connectivity index is 2.34. The van der Waals surface area contributed by atoms with Gasteiger partial charge >= 0.3 is 0 Å². The van der Waals surface area contributed by atoms with Crippen LogP contribution in [0.3, 0.4) is 0 Å². The van der Waals surface area contributed by atoms with Gasteiger partial charge in [-0.25, -0.2) is 4.98 Å². The Kier molecular flexibility index (Phi) is 3.69. The third kappa shape index (κ3) is 2.98.